The molecule has 3 N–H and O–H groups in total. The highest BCUT2D eigenvalue weighted by atomic mass is 16.4. The second kappa shape index (κ2) is 2.81. The summed E-state index contributed by atoms with van der Waals surface area (Å²) in [5.41, 5.74) is 5.13. The lowest BCUT2D eigenvalue weighted by Crippen LogP contribution is -2.39. The monoisotopic (exact) mass is 157 g/mol. The second-order valence-electron chi connectivity index (χ2n) is 3.72. The molecule has 1 rings (SSSR count). The molecule has 0 bridgehead atoms. The van der Waals surface area contributed by atoms with Gasteiger partial charge in [-0.05, 0) is 26.2 Å². The van der Waals surface area contributed by atoms with Gasteiger partial charge >= 0.3 is 5.97 Å². The Morgan fingerprint density at radius 3 is 2.73 bits per heavy atom. The molecule has 3 heteroatoms. The molecular formula is C8H15NO2. The van der Waals surface area contributed by atoms with Crippen LogP contribution in [0.15, 0.2) is 0 Å². The number of hydrogen-bond acceptors (Lipinski definition) is 2. The Hall–Kier alpha value is -0.570. The van der Waals surface area contributed by atoms with Crippen LogP contribution in [0.5, 0.6) is 0 Å². The average molecular weight is 157 g/mol. The van der Waals surface area contributed by atoms with Crippen molar-refractivity contribution in [3.8, 4) is 0 Å². The highest BCUT2D eigenvalue weighted by Crippen LogP contribution is 2.35. The molecule has 0 amide bonds. The molecule has 1 aliphatic carbocycles. The Labute approximate surface area is 66.6 Å². The summed E-state index contributed by atoms with van der Waals surface area (Å²) in [6.45, 7) is 1.79. The summed E-state index contributed by atoms with van der Waals surface area (Å²) in [7, 11) is 0. The fraction of sp³-hybridized carbons (Fsp3) is 0.875. The van der Waals surface area contributed by atoms with Gasteiger partial charge < -0.3 is 10.8 Å². The van der Waals surface area contributed by atoms with E-state index in [-0.39, 0.29) is 6.04 Å². The van der Waals surface area contributed by atoms with Crippen LogP contribution in [0, 0.1) is 5.41 Å². The summed E-state index contributed by atoms with van der Waals surface area (Å²) < 4.78 is 0. The summed E-state index contributed by atoms with van der Waals surface area (Å²) in [6.07, 6.45) is 3.32. The van der Waals surface area contributed by atoms with E-state index in [1.54, 1.807) is 6.92 Å². The molecule has 2 atom stereocenters. The molecule has 3 nitrogen and oxygen atoms in total. The first-order valence-electron chi connectivity index (χ1n) is 4.03. The zero-order valence-corrected chi connectivity index (χ0v) is 6.84. The van der Waals surface area contributed by atoms with Crippen molar-refractivity contribution in [1.82, 2.24) is 0 Å². The predicted octanol–water partition coefficient (Wildman–Crippen LogP) is 0.979. The van der Waals surface area contributed by atoms with E-state index >= 15 is 0 Å². The van der Waals surface area contributed by atoms with Crippen LogP contribution in [0.1, 0.15) is 32.6 Å². The van der Waals surface area contributed by atoms with Crippen LogP contribution in [0.25, 0.3) is 0 Å². The summed E-state index contributed by atoms with van der Waals surface area (Å²) >= 11 is 0. The van der Waals surface area contributed by atoms with E-state index in [1.165, 1.54) is 0 Å². The van der Waals surface area contributed by atoms with Crippen molar-refractivity contribution in [3.63, 3.8) is 0 Å². The van der Waals surface area contributed by atoms with Crippen molar-refractivity contribution in [1.29, 1.82) is 0 Å². The van der Waals surface area contributed by atoms with E-state index < -0.39 is 11.4 Å². The molecule has 0 unspecified atom stereocenters. The van der Waals surface area contributed by atoms with Crippen molar-refractivity contribution in [2.24, 2.45) is 11.1 Å². The topological polar surface area (TPSA) is 63.3 Å². The van der Waals surface area contributed by atoms with Gasteiger partial charge in [0, 0.05) is 6.04 Å². The van der Waals surface area contributed by atoms with Gasteiger partial charge in [-0.25, -0.2) is 0 Å². The third-order valence-electron chi connectivity index (χ3n) is 2.53. The zero-order valence-electron chi connectivity index (χ0n) is 6.84. The molecule has 11 heavy (non-hydrogen) atoms. The third-order valence-corrected chi connectivity index (χ3v) is 2.53. The molecule has 64 valence electrons. The number of nitrogens with two attached hydrogens (primary N) is 1. The van der Waals surface area contributed by atoms with E-state index in [1.807, 2.05) is 0 Å². The second-order valence-corrected chi connectivity index (χ2v) is 3.72. The van der Waals surface area contributed by atoms with Crippen LogP contribution in [0.3, 0.4) is 0 Å². The number of rotatable bonds is 1. The molecule has 0 aromatic carbocycles. The zero-order chi connectivity index (χ0) is 8.48. The highest BCUT2D eigenvalue weighted by molar-refractivity contribution is 5.74. The first-order chi connectivity index (χ1) is 5.04. The van der Waals surface area contributed by atoms with Gasteiger partial charge in [0.15, 0.2) is 0 Å². The molecule has 1 fully saturated rings. The molecule has 1 saturated carbocycles. The minimum atomic E-state index is -0.701. The molecule has 0 spiro atoms. The molecular weight excluding hydrogens is 142 g/mol. The van der Waals surface area contributed by atoms with E-state index in [0.717, 1.165) is 19.3 Å². The summed E-state index contributed by atoms with van der Waals surface area (Å²) in [6, 6.07) is 0.0878. The molecule has 1 aliphatic rings. The van der Waals surface area contributed by atoms with E-state index in [9.17, 15) is 4.79 Å². The van der Waals surface area contributed by atoms with E-state index in [0.29, 0.717) is 6.42 Å². The third kappa shape index (κ3) is 1.71. The number of carbonyl (C=O) groups is 1. The van der Waals surface area contributed by atoms with Crippen molar-refractivity contribution in [2.45, 2.75) is 38.6 Å². The summed E-state index contributed by atoms with van der Waals surface area (Å²) in [5, 5.41) is 8.86. The Kier molecular flexibility index (Phi) is 2.18. The lowest BCUT2D eigenvalue weighted by Gasteiger charge is -2.32. The fourth-order valence-corrected chi connectivity index (χ4v) is 1.73. The molecule has 0 saturated heterocycles. The smallest absolute Gasteiger partial charge is 0.309 e. The van der Waals surface area contributed by atoms with Gasteiger partial charge in [0.2, 0.25) is 0 Å². The van der Waals surface area contributed by atoms with Gasteiger partial charge in [-0.3, -0.25) is 4.79 Å². The van der Waals surface area contributed by atoms with Crippen molar-refractivity contribution in [3.05, 3.63) is 0 Å². The van der Waals surface area contributed by atoms with Crippen molar-refractivity contribution < 1.29 is 9.90 Å². The fourth-order valence-electron chi connectivity index (χ4n) is 1.73. The lowest BCUT2D eigenvalue weighted by molar-refractivity contribution is -0.150. The van der Waals surface area contributed by atoms with Crippen LogP contribution in [-0.4, -0.2) is 17.1 Å². The Bertz CT molecular complexity index is 169. The van der Waals surface area contributed by atoms with Crippen LogP contribution in [-0.2, 0) is 4.79 Å². The maximum absolute atomic E-state index is 10.8. The number of carboxylic acids is 1. The van der Waals surface area contributed by atoms with Crippen molar-refractivity contribution in [2.75, 3.05) is 0 Å². The maximum atomic E-state index is 10.8. The molecule has 0 heterocycles. The van der Waals surface area contributed by atoms with Gasteiger partial charge in [0.25, 0.3) is 0 Å². The Balaban J connectivity index is 2.63. The van der Waals surface area contributed by atoms with Gasteiger partial charge in [-0.2, -0.15) is 0 Å². The first-order valence-corrected chi connectivity index (χ1v) is 4.03. The minimum Gasteiger partial charge on any atom is -0.481 e. The standard InChI is InChI=1S/C8H15NO2/c1-8(7(10)11)4-2-3-6(9)5-8/h6H,2-5,9H2,1H3,(H,10,11)/t6-,8-/m1/s1. The van der Waals surface area contributed by atoms with E-state index in [4.69, 9.17) is 10.8 Å². The lowest BCUT2D eigenvalue weighted by atomic mass is 9.74. The summed E-state index contributed by atoms with van der Waals surface area (Å²) in [5.74, 6) is -0.701. The normalized spacial score (nSPS) is 38.5. The Morgan fingerprint density at radius 1 is 1.73 bits per heavy atom. The van der Waals surface area contributed by atoms with Gasteiger partial charge in [0.05, 0.1) is 5.41 Å². The molecule has 0 aromatic rings. The number of carboxylic acid groups (broad SMARTS) is 1. The van der Waals surface area contributed by atoms with Crippen LogP contribution >= 0.6 is 0 Å². The highest BCUT2D eigenvalue weighted by Gasteiger charge is 2.37. The van der Waals surface area contributed by atoms with Gasteiger partial charge in [-0.15, -0.1) is 0 Å². The Morgan fingerprint density at radius 2 is 2.36 bits per heavy atom. The number of aliphatic carboxylic acids is 1. The first kappa shape index (κ1) is 8.53. The van der Waals surface area contributed by atoms with Crippen LogP contribution in [0.2, 0.25) is 0 Å². The summed E-state index contributed by atoms with van der Waals surface area (Å²) in [4.78, 5) is 10.8. The van der Waals surface area contributed by atoms with E-state index in [2.05, 4.69) is 0 Å². The predicted molar refractivity (Wildman–Crippen MR) is 42.2 cm³/mol. The van der Waals surface area contributed by atoms with Gasteiger partial charge in [0.1, 0.15) is 0 Å². The number of hydrogen-bond donors (Lipinski definition) is 2. The maximum Gasteiger partial charge on any atom is 0.309 e. The van der Waals surface area contributed by atoms with Crippen LogP contribution < -0.4 is 5.73 Å². The van der Waals surface area contributed by atoms with Crippen molar-refractivity contribution >= 4 is 5.97 Å². The minimum absolute atomic E-state index is 0.0878. The van der Waals surface area contributed by atoms with Crippen LogP contribution in [0.4, 0.5) is 0 Å². The van der Waals surface area contributed by atoms with Gasteiger partial charge in [-0.1, -0.05) is 6.42 Å². The average Bonchev–Trinajstić information content (AvgIpc) is 1.86. The quantitative estimate of drug-likeness (QED) is 0.596. The molecule has 0 aliphatic heterocycles. The SMILES string of the molecule is C[C@@]1(C(=O)O)CCC[C@@H](N)C1. The molecule has 0 radical (unpaired) electrons. The largest absolute Gasteiger partial charge is 0.481 e. The molecule has 0 aromatic heterocycles.